The molecule has 1 N–H and O–H groups in total. The smallest absolute Gasteiger partial charge is 0.237 e. The first-order valence-electron chi connectivity index (χ1n) is 4.27. The Balaban J connectivity index is 2.11. The minimum Gasteiger partial charge on any atom is -0.361 e. The van der Waals surface area contributed by atoms with Gasteiger partial charge in [0.05, 0.1) is 0 Å². The summed E-state index contributed by atoms with van der Waals surface area (Å²) < 4.78 is 0. The van der Waals surface area contributed by atoms with Crippen LogP contribution < -0.4 is 5.32 Å². The van der Waals surface area contributed by atoms with Crippen molar-refractivity contribution >= 4 is 11.8 Å². The molecule has 1 fully saturated rings. The molecule has 0 spiro atoms. The van der Waals surface area contributed by atoms with Gasteiger partial charge < -0.3 is 5.32 Å². The van der Waals surface area contributed by atoms with Crippen molar-refractivity contribution in [3.63, 3.8) is 0 Å². The van der Waals surface area contributed by atoms with Crippen LogP contribution in [0.2, 0.25) is 0 Å². The van der Waals surface area contributed by atoms with Crippen molar-refractivity contribution in [3.8, 4) is 0 Å². The average Bonchev–Trinajstić information content (AvgIpc) is 2.87. The van der Waals surface area contributed by atoms with Crippen LogP contribution in [0.4, 0.5) is 5.69 Å². The lowest BCUT2D eigenvalue weighted by Gasteiger charge is -2.11. The highest BCUT2D eigenvalue weighted by molar-refractivity contribution is 5.49. The lowest BCUT2D eigenvalue weighted by Crippen LogP contribution is -2.17. The van der Waals surface area contributed by atoms with Gasteiger partial charge in [-0.05, 0) is 25.0 Å². The minimum absolute atomic E-state index is 0.344. The summed E-state index contributed by atoms with van der Waals surface area (Å²) in [7, 11) is 0. The van der Waals surface area contributed by atoms with Gasteiger partial charge in [-0.15, -0.1) is 0 Å². The molecule has 0 saturated heterocycles. The number of nitrogens with zero attached hydrogens (tertiary/aromatic N) is 1. The Labute approximate surface area is 76.5 Å². The van der Waals surface area contributed by atoms with Gasteiger partial charge in [0.2, 0.25) is 6.08 Å². The SMILES string of the molecule is O=C=NC1(Nc2ccccc2)CC1. The van der Waals surface area contributed by atoms with Crippen molar-refractivity contribution in [2.45, 2.75) is 18.5 Å². The van der Waals surface area contributed by atoms with Gasteiger partial charge in [-0.2, -0.15) is 4.99 Å². The molecule has 0 aromatic heterocycles. The predicted molar refractivity (Wildman–Crippen MR) is 50.2 cm³/mol. The number of carbonyl (C=O) groups excluding carboxylic acids is 1. The van der Waals surface area contributed by atoms with E-state index >= 15 is 0 Å². The summed E-state index contributed by atoms with van der Waals surface area (Å²) in [6.07, 6.45) is 3.43. The number of anilines is 1. The second-order valence-electron chi connectivity index (χ2n) is 3.23. The molecule has 1 saturated carbocycles. The van der Waals surface area contributed by atoms with E-state index in [1.165, 1.54) is 0 Å². The van der Waals surface area contributed by atoms with Crippen LogP contribution in [-0.4, -0.2) is 11.7 Å². The van der Waals surface area contributed by atoms with Gasteiger partial charge in [0, 0.05) is 5.69 Å². The van der Waals surface area contributed by atoms with Gasteiger partial charge >= 0.3 is 0 Å². The maximum Gasteiger partial charge on any atom is 0.237 e. The zero-order valence-corrected chi connectivity index (χ0v) is 7.16. The molecule has 1 aromatic carbocycles. The van der Waals surface area contributed by atoms with Crippen molar-refractivity contribution in [1.29, 1.82) is 0 Å². The van der Waals surface area contributed by atoms with Crippen molar-refractivity contribution in [2.75, 3.05) is 5.32 Å². The molecule has 13 heavy (non-hydrogen) atoms. The number of hydrogen-bond acceptors (Lipinski definition) is 3. The quantitative estimate of drug-likeness (QED) is 0.562. The van der Waals surface area contributed by atoms with Gasteiger partial charge in [-0.25, -0.2) is 4.79 Å². The lowest BCUT2D eigenvalue weighted by molar-refractivity contribution is 0.558. The first-order chi connectivity index (χ1) is 6.35. The summed E-state index contributed by atoms with van der Waals surface area (Å²) in [5.74, 6) is 0. The first kappa shape index (κ1) is 8.02. The third-order valence-corrected chi connectivity index (χ3v) is 2.13. The summed E-state index contributed by atoms with van der Waals surface area (Å²) in [6.45, 7) is 0. The largest absolute Gasteiger partial charge is 0.361 e. The van der Waals surface area contributed by atoms with E-state index in [9.17, 15) is 4.79 Å². The summed E-state index contributed by atoms with van der Waals surface area (Å²) in [5, 5.41) is 3.20. The molecule has 1 aromatic rings. The molecule has 0 radical (unpaired) electrons. The highest BCUT2D eigenvalue weighted by Gasteiger charge is 2.43. The molecule has 0 heterocycles. The Morgan fingerprint density at radius 3 is 2.54 bits per heavy atom. The van der Waals surface area contributed by atoms with Crippen LogP contribution >= 0.6 is 0 Å². The Hall–Kier alpha value is -1.60. The maximum atomic E-state index is 10.1. The van der Waals surface area contributed by atoms with E-state index in [0.717, 1.165) is 18.5 Å². The fourth-order valence-corrected chi connectivity index (χ4v) is 1.26. The summed E-state index contributed by atoms with van der Waals surface area (Å²) in [4.78, 5) is 13.9. The van der Waals surface area contributed by atoms with Crippen LogP contribution in [0.3, 0.4) is 0 Å². The Bertz CT molecular complexity index is 337. The van der Waals surface area contributed by atoms with Gasteiger partial charge in [-0.3, -0.25) is 0 Å². The van der Waals surface area contributed by atoms with Crippen molar-refractivity contribution in [2.24, 2.45) is 4.99 Å². The van der Waals surface area contributed by atoms with Crippen LogP contribution in [0.25, 0.3) is 0 Å². The lowest BCUT2D eigenvalue weighted by atomic mass is 10.3. The van der Waals surface area contributed by atoms with E-state index in [0.29, 0.717) is 0 Å². The van der Waals surface area contributed by atoms with Crippen LogP contribution in [0.5, 0.6) is 0 Å². The average molecular weight is 174 g/mol. The highest BCUT2D eigenvalue weighted by Crippen LogP contribution is 2.39. The fourth-order valence-electron chi connectivity index (χ4n) is 1.26. The highest BCUT2D eigenvalue weighted by atomic mass is 16.1. The summed E-state index contributed by atoms with van der Waals surface area (Å²) in [6, 6.07) is 9.76. The molecule has 0 aliphatic heterocycles. The molecule has 0 atom stereocenters. The topological polar surface area (TPSA) is 41.5 Å². The Morgan fingerprint density at radius 2 is 2.00 bits per heavy atom. The van der Waals surface area contributed by atoms with Crippen molar-refractivity contribution in [1.82, 2.24) is 0 Å². The van der Waals surface area contributed by atoms with E-state index in [1.807, 2.05) is 30.3 Å². The van der Waals surface area contributed by atoms with Gasteiger partial charge in [0.25, 0.3) is 0 Å². The van der Waals surface area contributed by atoms with Crippen LogP contribution in [0, 0.1) is 0 Å². The molecule has 0 amide bonds. The molecule has 66 valence electrons. The van der Waals surface area contributed by atoms with Crippen molar-refractivity contribution in [3.05, 3.63) is 30.3 Å². The molecule has 1 aliphatic rings. The number of rotatable bonds is 3. The number of isocyanates is 1. The zero-order chi connectivity index (χ0) is 9.15. The van der Waals surface area contributed by atoms with Crippen molar-refractivity contribution < 1.29 is 4.79 Å². The second kappa shape index (κ2) is 3.04. The first-order valence-corrected chi connectivity index (χ1v) is 4.27. The molecule has 0 unspecified atom stereocenters. The zero-order valence-electron chi connectivity index (χ0n) is 7.16. The number of para-hydroxylation sites is 1. The van der Waals surface area contributed by atoms with E-state index in [1.54, 1.807) is 6.08 Å². The molecule has 3 heteroatoms. The van der Waals surface area contributed by atoms with Gasteiger partial charge in [-0.1, -0.05) is 18.2 Å². The molecular weight excluding hydrogens is 164 g/mol. The molecule has 3 nitrogen and oxygen atoms in total. The van der Waals surface area contributed by atoms with E-state index in [2.05, 4.69) is 10.3 Å². The summed E-state index contributed by atoms with van der Waals surface area (Å²) in [5.41, 5.74) is 0.655. The van der Waals surface area contributed by atoms with E-state index < -0.39 is 0 Å². The number of nitrogens with one attached hydrogen (secondary N) is 1. The normalized spacial score (nSPS) is 17.2. The minimum atomic E-state index is -0.344. The number of aliphatic imine (C=N–C) groups is 1. The second-order valence-corrected chi connectivity index (χ2v) is 3.23. The molecule has 2 rings (SSSR count). The van der Waals surface area contributed by atoms with Crippen LogP contribution in [-0.2, 0) is 4.79 Å². The number of hydrogen-bond donors (Lipinski definition) is 1. The number of benzene rings is 1. The van der Waals surface area contributed by atoms with Gasteiger partial charge in [0.1, 0.15) is 5.66 Å². The molecule has 1 aliphatic carbocycles. The fraction of sp³-hybridized carbons (Fsp3) is 0.300. The predicted octanol–water partition coefficient (Wildman–Crippen LogP) is 1.92. The monoisotopic (exact) mass is 174 g/mol. The Kier molecular flexibility index (Phi) is 1.87. The van der Waals surface area contributed by atoms with Gasteiger partial charge in [0.15, 0.2) is 0 Å². The summed E-state index contributed by atoms with van der Waals surface area (Å²) >= 11 is 0. The Morgan fingerprint density at radius 1 is 1.31 bits per heavy atom. The van der Waals surface area contributed by atoms with E-state index in [4.69, 9.17) is 0 Å². The standard InChI is InChI=1S/C10H10N2O/c13-8-11-10(6-7-10)12-9-4-2-1-3-5-9/h1-5,12H,6-7H2. The molecule has 0 bridgehead atoms. The maximum absolute atomic E-state index is 10.1. The third-order valence-electron chi connectivity index (χ3n) is 2.13. The third kappa shape index (κ3) is 1.76. The van der Waals surface area contributed by atoms with Crippen LogP contribution in [0.15, 0.2) is 35.3 Å². The van der Waals surface area contributed by atoms with E-state index in [-0.39, 0.29) is 5.66 Å². The molecular formula is C10H10N2O. The van der Waals surface area contributed by atoms with Crippen LogP contribution in [0.1, 0.15) is 12.8 Å².